The summed E-state index contributed by atoms with van der Waals surface area (Å²) in [6.07, 6.45) is 7.82. The molecule has 0 radical (unpaired) electrons. The van der Waals surface area contributed by atoms with Gasteiger partial charge in [0.05, 0.1) is 30.5 Å². The van der Waals surface area contributed by atoms with E-state index in [1.165, 1.54) is 24.0 Å². The minimum absolute atomic E-state index is 0.192. The number of nitrogens with zero attached hydrogens (tertiary/aromatic N) is 2. The van der Waals surface area contributed by atoms with Gasteiger partial charge in [-0.1, -0.05) is 37.1 Å². The molecule has 0 spiro atoms. The highest BCUT2D eigenvalue weighted by atomic mass is 16.5. The number of rotatable bonds is 7. The van der Waals surface area contributed by atoms with Crippen molar-refractivity contribution < 1.29 is 14.3 Å². The molecule has 2 N–H and O–H groups in total. The van der Waals surface area contributed by atoms with E-state index in [1.54, 1.807) is 26.4 Å². The summed E-state index contributed by atoms with van der Waals surface area (Å²) in [7, 11) is 3.11. The molecule has 1 aromatic heterocycles. The molecule has 2 aliphatic carbocycles. The normalized spacial score (nSPS) is 20.6. The Hall–Kier alpha value is -3.55. The predicted molar refractivity (Wildman–Crippen MR) is 147 cm³/mol. The van der Waals surface area contributed by atoms with Gasteiger partial charge in [0.2, 0.25) is 11.9 Å². The first-order chi connectivity index (χ1) is 18.5. The minimum Gasteiger partial charge on any atom is -0.493 e. The Labute approximate surface area is 222 Å². The quantitative estimate of drug-likeness (QED) is 0.493. The molecule has 2 heterocycles. The van der Waals surface area contributed by atoms with Crippen LogP contribution in [0.15, 0.2) is 41.2 Å². The molecule has 2 fully saturated rings. The third kappa shape index (κ3) is 4.72. The lowest BCUT2D eigenvalue weighted by Crippen LogP contribution is -2.52. The van der Waals surface area contributed by atoms with Gasteiger partial charge in [-0.3, -0.25) is 14.6 Å². The van der Waals surface area contributed by atoms with Crippen molar-refractivity contribution >= 4 is 22.8 Å². The van der Waals surface area contributed by atoms with Crippen molar-refractivity contribution in [2.45, 2.75) is 57.4 Å². The monoisotopic (exact) mass is 516 g/mol. The molecular formula is C30H36N4O4. The number of benzene rings is 2. The first-order valence-electron chi connectivity index (χ1n) is 13.8. The van der Waals surface area contributed by atoms with Crippen LogP contribution in [0.1, 0.15) is 49.7 Å². The number of H-pyrrole nitrogens is 1. The molecule has 2 aromatic carbocycles. The number of fused-ring (bicyclic) bond motifs is 2. The van der Waals surface area contributed by atoms with E-state index in [0.717, 1.165) is 38.5 Å². The highest BCUT2D eigenvalue weighted by Crippen LogP contribution is 2.46. The number of hydrogen-bond donors (Lipinski definition) is 2. The molecule has 1 saturated carbocycles. The van der Waals surface area contributed by atoms with Gasteiger partial charge in [-0.15, -0.1) is 0 Å². The van der Waals surface area contributed by atoms with Crippen molar-refractivity contribution in [1.29, 1.82) is 0 Å². The number of aromatic nitrogens is 2. The van der Waals surface area contributed by atoms with Crippen LogP contribution in [-0.2, 0) is 17.6 Å². The fraction of sp³-hybridized carbons (Fsp3) is 0.500. The number of piperidine rings is 1. The predicted octanol–water partition coefficient (Wildman–Crippen LogP) is 4.00. The van der Waals surface area contributed by atoms with Crippen molar-refractivity contribution in [3.63, 3.8) is 0 Å². The van der Waals surface area contributed by atoms with E-state index in [9.17, 15) is 9.59 Å². The van der Waals surface area contributed by atoms with E-state index in [4.69, 9.17) is 14.5 Å². The number of aryl methyl sites for hydroxylation is 1. The number of carbonyl (C=O) groups is 1. The second-order valence-corrected chi connectivity index (χ2v) is 11.2. The molecule has 8 heteroatoms. The molecule has 8 nitrogen and oxygen atoms in total. The maximum absolute atomic E-state index is 13.8. The molecule has 1 atom stereocenters. The number of nitrogens with one attached hydrogen (secondary N) is 2. The van der Waals surface area contributed by atoms with Gasteiger partial charge in [-0.25, -0.2) is 4.98 Å². The second-order valence-electron chi connectivity index (χ2n) is 11.2. The lowest BCUT2D eigenvalue weighted by molar-refractivity contribution is -0.134. The zero-order valence-electron chi connectivity index (χ0n) is 22.2. The van der Waals surface area contributed by atoms with Crippen LogP contribution in [-0.4, -0.2) is 49.2 Å². The highest BCUT2D eigenvalue weighted by molar-refractivity contribution is 5.84. The number of ether oxygens (including phenoxy) is 2. The molecule has 6 rings (SSSR count). The average Bonchev–Trinajstić information content (AvgIpc) is 3.76. The summed E-state index contributed by atoms with van der Waals surface area (Å²) >= 11 is 0. The largest absolute Gasteiger partial charge is 0.493 e. The van der Waals surface area contributed by atoms with Crippen molar-refractivity contribution in [3.05, 3.63) is 57.9 Å². The lowest BCUT2D eigenvalue weighted by Gasteiger charge is -2.42. The third-order valence-electron chi connectivity index (χ3n) is 8.76. The molecule has 200 valence electrons. The molecule has 1 saturated heterocycles. The SMILES string of the molecule is COc1cc2nc(N3CCC(CC4CC4)(C(=O)NC4CCc5ccccc5C4)CC3)[nH]c(=O)c2cc1OC. The summed E-state index contributed by atoms with van der Waals surface area (Å²) in [5.41, 5.74) is 2.76. The van der Waals surface area contributed by atoms with Gasteiger partial charge in [-0.05, 0) is 61.6 Å². The van der Waals surface area contributed by atoms with Crippen LogP contribution in [0.5, 0.6) is 11.5 Å². The van der Waals surface area contributed by atoms with Crippen LogP contribution in [0.2, 0.25) is 0 Å². The Kier molecular flexibility index (Phi) is 6.50. The van der Waals surface area contributed by atoms with Crippen molar-refractivity contribution in [3.8, 4) is 11.5 Å². The Morgan fingerprint density at radius 2 is 1.79 bits per heavy atom. The van der Waals surface area contributed by atoms with E-state index < -0.39 is 0 Å². The van der Waals surface area contributed by atoms with Crippen LogP contribution in [0.4, 0.5) is 5.95 Å². The van der Waals surface area contributed by atoms with E-state index >= 15 is 0 Å². The topological polar surface area (TPSA) is 96.5 Å². The molecular weight excluding hydrogens is 480 g/mol. The van der Waals surface area contributed by atoms with Gasteiger partial charge in [0.1, 0.15) is 0 Å². The smallest absolute Gasteiger partial charge is 0.260 e. The van der Waals surface area contributed by atoms with Gasteiger partial charge in [0.15, 0.2) is 11.5 Å². The molecule has 1 amide bonds. The minimum atomic E-state index is -0.359. The Morgan fingerprint density at radius 3 is 2.50 bits per heavy atom. The van der Waals surface area contributed by atoms with E-state index in [0.29, 0.717) is 47.4 Å². The van der Waals surface area contributed by atoms with Crippen LogP contribution in [0, 0.1) is 11.3 Å². The number of methoxy groups -OCH3 is 2. The zero-order chi connectivity index (χ0) is 26.3. The highest BCUT2D eigenvalue weighted by Gasteiger charge is 2.45. The summed E-state index contributed by atoms with van der Waals surface area (Å²) < 4.78 is 10.8. The van der Waals surface area contributed by atoms with Crippen molar-refractivity contribution in [1.82, 2.24) is 15.3 Å². The number of hydrogen-bond acceptors (Lipinski definition) is 6. The van der Waals surface area contributed by atoms with Crippen LogP contribution in [0.3, 0.4) is 0 Å². The molecule has 1 aliphatic heterocycles. The first-order valence-corrected chi connectivity index (χ1v) is 13.8. The maximum Gasteiger partial charge on any atom is 0.260 e. The summed E-state index contributed by atoms with van der Waals surface area (Å²) in [4.78, 5) is 36.6. The summed E-state index contributed by atoms with van der Waals surface area (Å²) in [6, 6.07) is 12.2. The van der Waals surface area contributed by atoms with Crippen molar-refractivity contribution in [2.24, 2.45) is 11.3 Å². The number of amides is 1. The molecule has 1 unspecified atom stereocenters. The van der Waals surface area contributed by atoms with E-state index in [1.807, 2.05) is 0 Å². The molecule has 3 aliphatic rings. The summed E-state index contributed by atoms with van der Waals surface area (Å²) in [5.74, 6) is 2.44. The lowest BCUT2D eigenvalue weighted by atomic mass is 9.73. The standard InChI is InChI=1S/C30H36N4O4/c1-37-25-16-23-24(17-26(25)38-2)32-29(33-27(23)35)34-13-11-30(12-14-34,18-19-7-8-19)28(36)31-22-10-9-20-5-3-4-6-21(20)15-22/h3-6,16-17,19,22H,7-15,18H2,1-2H3,(H,31,36)(H,32,33,35). The van der Waals surface area contributed by atoms with E-state index in [-0.39, 0.29) is 22.9 Å². The summed E-state index contributed by atoms with van der Waals surface area (Å²) in [6.45, 7) is 1.35. The Balaban J connectivity index is 1.19. The third-order valence-corrected chi connectivity index (χ3v) is 8.76. The Bertz CT molecular complexity index is 1410. The maximum atomic E-state index is 13.8. The van der Waals surface area contributed by atoms with Crippen molar-refractivity contribution in [2.75, 3.05) is 32.2 Å². The number of carbonyl (C=O) groups excluding carboxylic acids is 1. The Morgan fingerprint density at radius 1 is 1.08 bits per heavy atom. The van der Waals surface area contributed by atoms with Gasteiger partial charge in [0, 0.05) is 25.2 Å². The van der Waals surface area contributed by atoms with Gasteiger partial charge in [-0.2, -0.15) is 0 Å². The van der Waals surface area contributed by atoms with Crippen LogP contribution >= 0.6 is 0 Å². The van der Waals surface area contributed by atoms with Gasteiger partial charge in [0.25, 0.3) is 5.56 Å². The van der Waals surface area contributed by atoms with Crippen LogP contribution in [0.25, 0.3) is 10.9 Å². The van der Waals surface area contributed by atoms with Gasteiger partial charge < -0.3 is 19.7 Å². The fourth-order valence-electron chi connectivity index (χ4n) is 6.31. The van der Waals surface area contributed by atoms with E-state index in [2.05, 4.69) is 39.5 Å². The summed E-state index contributed by atoms with van der Waals surface area (Å²) in [5, 5.41) is 3.92. The molecule has 38 heavy (non-hydrogen) atoms. The fourth-order valence-corrected chi connectivity index (χ4v) is 6.31. The molecule has 3 aromatic rings. The molecule has 0 bridgehead atoms. The van der Waals surface area contributed by atoms with Crippen LogP contribution < -0.4 is 25.2 Å². The number of anilines is 1. The number of aromatic amines is 1. The first kappa shape index (κ1) is 24.8. The zero-order valence-corrected chi connectivity index (χ0v) is 22.2. The average molecular weight is 517 g/mol. The van der Waals surface area contributed by atoms with Gasteiger partial charge >= 0.3 is 0 Å². The second kappa shape index (κ2) is 9.97.